The van der Waals surface area contributed by atoms with Crippen molar-refractivity contribution in [1.82, 2.24) is 14.5 Å². The number of aryl methyl sites for hydroxylation is 1. The minimum absolute atomic E-state index is 0.0223. The summed E-state index contributed by atoms with van der Waals surface area (Å²) in [5, 5.41) is 3.13. The highest BCUT2D eigenvalue weighted by atomic mass is 16.5. The fourth-order valence-corrected chi connectivity index (χ4v) is 5.18. The molecule has 1 N–H and O–H groups in total. The summed E-state index contributed by atoms with van der Waals surface area (Å²) in [7, 11) is 1.69. The van der Waals surface area contributed by atoms with Crippen LogP contribution < -0.4 is 10.9 Å². The summed E-state index contributed by atoms with van der Waals surface area (Å²) >= 11 is 0. The highest BCUT2D eigenvalue weighted by Crippen LogP contribution is 2.27. The lowest BCUT2D eigenvalue weighted by Gasteiger charge is -2.26. The normalized spacial score (nSPS) is 13.6. The number of hydrogen-bond acceptors (Lipinski definition) is 6. The summed E-state index contributed by atoms with van der Waals surface area (Å²) < 4.78 is 6.83. The van der Waals surface area contributed by atoms with Crippen molar-refractivity contribution in [3.8, 4) is 11.3 Å². The molecule has 1 amide bonds. The molecule has 1 fully saturated rings. The molecule has 0 saturated carbocycles. The van der Waals surface area contributed by atoms with Crippen molar-refractivity contribution in [2.75, 3.05) is 31.6 Å². The van der Waals surface area contributed by atoms with Crippen molar-refractivity contribution in [3.63, 3.8) is 0 Å². The van der Waals surface area contributed by atoms with Crippen LogP contribution in [0.2, 0.25) is 0 Å². The van der Waals surface area contributed by atoms with E-state index < -0.39 is 0 Å². The van der Waals surface area contributed by atoms with Crippen molar-refractivity contribution in [2.45, 2.75) is 39.5 Å². The largest absolute Gasteiger partial charge is 0.378 e. The van der Waals surface area contributed by atoms with Gasteiger partial charge in [-0.2, -0.15) is 0 Å². The standard InChI is InChI=1S/C35H38N4O4/c1-23-26(21-31(40)24-9-13-27(14-10-24)35(2,3)4)7-6-8-29(23)30-22-38(5)34(42)32(37-30)36-28-15-11-25(12-16-28)33(41)39-17-19-43-20-18-39/h6-16,22H,17-21H2,1-5H3,(H,36,37). The number of hydrogen-bond donors (Lipinski definition) is 1. The first-order chi connectivity index (χ1) is 20.5. The monoisotopic (exact) mass is 578 g/mol. The van der Waals surface area contributed by atoms with Gasteiger partial charge < -0.3 is 19.5 Å². The minimum Gasteiger partial charge on any atom is -0.378 e. The third-order valence-corrected chi connectivity index (χ3v) is 7.91. The predicted molar refractivity (Wildman–Crippen MR) is 169 cm³/mol. The van der Waals surface area contributed by atoms with Crippen molar-refractivity contribution in [2.24, 2.45) is 7.05 Å². The first-order valence-corrected chi connectivity index (χ1v) is 14.6. The van der Waals surface area contributed by atoms with Crippen LogP contribution in [0.1, 0.15) is 58.2 Å². The Morgan fingerprint density at radius 3 is 2.23 bits per heavy atom. The van der Waals surface area contributed by atoms with Crippen LogP contribution in [0.4, 0.5) is 11.5 Å². The fraction of sp³-hybridized carbons (Fsp3) is 0.314. The molecule has 8 heteroatoms. The molecule has 0 bridgehead atoms. The maximum Gasteiger partial charge on any atom is 0.293 e. The van der Waals surface area contributed by atoms with Gasteiger partial charge in [-0.05, 0) is 53.3 Å². The molecule has 1 aromatic heterocycles. The Morgan fingerprint density at radius 1 is 0.930 bits per heavy atom. The van der Waals surface area contributed by atoms with Gasteiger partial charge in [0.25, 0.3) is 11.5 Å². The van der Waals surface area contributed by atoms with E-state index in [1.165, 1.54) is 10.1 Å². The van der Waals surface area contributed by atoms with Crippen LogP contribution in [0, 0.1) is 6.92 Å². The lowest BCUT2D eigenvalue weighted by molar-refractivity contribution is 0.0303. The maximum absolute atomic E-state index is 13.2. The average molecular weight is 579 g/mol. The zero-order chi connectivity index (χ0) is 30.7. The van der Waals surface area contributed by atoms with Crippen molar-refractivity contribution in [1.29, 1.82) is 0 Å². The van der Waals surface area contributed by atoms with Gasteiger partial charge in [0, 0.05) is 55.1 Å². The number of anilines is 2. The number of aromatic nitrogens is 2. The molecule has 0 atom stereocenters. The van der Waals surface area contributed by atoms with E-state index in [1.54, 1.807) is 42.4 Å². The average Bonchev–Trinajstić information content (AvgIpc) is 3.00. The molecular formula is C35H38N4O4. The van der Waals surface area contributed by atoms with Crippen molar-refractivity contribution in [3.05, 3.63) is 111 Å². The fourth-order valence-electron chi connectivity index (χ4n) is 5.18. The number of Topliss-reactive ketones (excluding diaryl/α,β-unsaturated/α-hetero) is 1. The van der Waals surface area contributed by atoms with Gasteiger partial charge in [0.15, 0.2) is 11.6 Å². The van der Waals surface area contributed by atoms with E-state index in [0.29, 0.717) is 48.8 Å². The Balaban J connectivity index is 1.35. The molecule has 43 heavy (non-hydrogen) atoms. The Labute approximate surface area is 252 Å². The summed E-state index contributed by atoms with van der Waals surface area (Å²) in [6.07, 6.45) is 1.97. The van der Waals surface area contributed by atoms with E-state index in [4.69, 9.17) is 4.74 Å². The number of nitrogens with zero attached hydrogens (tertiary/aromatic N) is 3. The van der Waals surface area contributed by atoms with Gasteiger partial charge in [0.05, 0.1) is 18.9 Å². The van der Waals surface area contributed by atoms with E-state index in [9.17, 15) is 14.4 Å². The second kappa shape index (κ2) is 12.4. The quantitative estimate of drug-likeness (QED) is 0.283. The van der Waals surface area contributed by atoms with Gasteiger partial charge in [0.1, 0.15) is 0 Å². The lowest BCUT2D eigenvalue weighted by Crippen LogP contribution is -2.40. The summed E-state index contributed by atoms with van der Waals surface area (Å²) in [6, 6.07) is 20.7. The van der Waals surface area contributed by atoms with Gasteiger partial charge >= 0.3 is 0 Å². The first-order valence-electron chi connectivity index (χ1n) is 14.6. The number of rotatable bonds is 7. The Bertz CT molecular complexity index is 1690. The first kappa shape index (κ1) is 29.9. The van der Waals surface area contributed by atoms with E-state index in [0.717, 1.165) is 16.7 Å². The zero-order valence-electron chi connectivity index (χ0n) is 25.4. The van der Waals surface area contributed by atoms with Gasteiger partial charge in [-0.3, -0.25) is 14.4 Å². The second-order valence-corrected chi connectivity index (χ2v) is 12.0. The molecule has 8 nitrogen and oxygen atoms in total. The summed E-state index contributed by atoms with van der Waals surface area (Å²) in [4.78, 5) is 45.4. The van der Waals surface area contributed by atoms with Crippen LogP contribution >= 0.6 is 0 Å². The molecule has 1 aliphatic heterocycles. The Hall–Kier alpha value is -4.56. The molecule has 3 aromatic carbocycles. The number of morpholine rings is 1. The molecule has 0 unspecified atom stereocenters. The second-order valence-electron chi connectivity index (χ2n) is 12.0. The number of ketones is 1. The van der Waals surface area contributed by atoms with Crippen LogP contribution in [-0.2, 0) is 23.6 Å². The zero-order valence-corrected chi connectivity index (χ0v) is 25.4. The number of ether oxygens (including phenoxy) is 1. The highest BCUT2D eigenvalue weighted by molar-refractivity contribution is 5.98. The molecule has 0 spiro atoms. The molecule has 0 radical (unpaired) electrons. The molecule has 4 aromatic rings. The molecule has 1 saturated heterocycles. The third-order valence-electron chi connectivity index (χ3n) is 7.91. The highest BCUT2D eigenvalue weighted by Gasteiger charge is 2.19. The van der Waals surface area contributed by atoms with Crippen molar-refractivity contribution < 1.29 is 14.3 Å². The van der Waals surface area contributed by atoms with Gasteiger partial charge in [0.2, 0.25) is 0 Å². The number of nitrogens with one attached hydrogen (secondary N) is 1. The van der Waals surface area contributed by atoms with Crippen LogP contribution in [0.5, 0.6) is 0 Å². The third kappa shape index (κ3) is 6.75. The van der Waals surface area contributed by atoms with Crippen LogP contribution in [0.25, 0.3) is 11.3 Å². The number of carbonyl (C=O) groups is 2. The van der Waals surface area contributed by atoms with Gasteiger partial charge in [-0.25, -0.2) is 4.98 Å². The van der Waals surface area contributed by atoms with Gasteiger partial charge in [-0.1, -0.05) is 63.2 Å². The van der Waals surface area contributed by atoms with E-state index in [2.05, 4.69) is 31.1 Å². The lowest BCUT2D eigenvalue weighted by atomic mass is 9.86. The van der Waals surface area contributed by atoms with Crippen LogP contribution in [0.3, 0.4) is 0 Å². The molecule has 1 aliphatic rings. The summed E-state index contributed by atoms with van der Waals surface area (Å²) in [6.45, 7) is 10.7. The topological polar surface area (TPSA) is 93.5 Å². The van der Waals surface area contributed by atoms with Gasteiger partial charge in [-0.15, -0.1) is 0 Å². The molecule has 222 valence electrons. The van der Waals surface area contributed by atoms with E-state index in [-0.39, 0.29) is 34.9 Å². The van der Waals surface area contributed by atoms with Crippen molar-refractivity contribution >= 4 is 23.2 Å². The number of benzene rings is 3. The predicted octanol–water partition coefficient (Wildman–Crippen LogP) is 5.69. The van der Waals surface area contributed by atoms with E-state index in [1.807, 2.05) is 49.4 Å². The Kier molecular flexibility index (Phi) is 8.59. The molecule has 0 aliphatic carbocycles. The number of amides is 1. The maximum atomic E-state index is 13.2. The summed E-state index contributed by atoms with van der Waals surface area (Å²) in [5.74, 6) is 0.181. The number of carbonyl (C=O) groups excluding carboxylic acids is 2. The molecule has 5 rings (SSSR count). The smallest absolute Gasteiger partial charge is 0.293 e. The summed E-state index contributed by atoms with van der Waals surface area (Å²) in [5.41, 5.74) is 6.14. The van der Waals surface area contributed by atoms with Crippen LogP contribution in [-0.4, -0.2) is 52.4 Å². The van der Waals surface area contributed by atoms with Crippen LogP contribution in [0.15, 0.2) is 77.7 Å². The van der Waals surface area contributed by atoms with E-state index >= 15 is 0 Å². The molecule has 2 heterocycles. The minimum atomic E-state index is -0.278. The SMILES string of the molecule is Cc1c(CC(=O)c2ccc(C(C)(C)C)cc2)cccc1-c1cn(C)c(=O)c(Nc2ccc(C(=O)N3CCOCC3)cc2)n1. The Morgan fingerprint density at radius 2 is 1.58 bits per heavy atom. The molecular weight excluding hydrogens is 540 g/mol.